The summed E-state index contributed by atoms with van der Waals surface area (Å²) in [4.78, 5) is 0.149. The molecule has 0 fully saturated rings. The molecule has 0 aliphatic carbocycles. The summed E-state index contributed by atoms with van der Waals surface area (Å²) >= 11 is 6.27. The molecule has 0 heterocycles. The summed E-state index contributed by atoms with van der Waals surface area (Å²) in [5.41, 5.74) is 5.03. The highest BCUT2D eigenvalue weighted by atomic mass is 127. The van der Waals surface area contributed by atoms with Crippen LogP contribution >= 0.6 is 38.5 Å². The lowest BCUT2D eigenvalue weighted by Crippen LogP contribution is -2.02. The quantitative estimate of drug-likeness (QED) is 0.428. The van der Waals surface area contributed by atoms with Crippen LogP contribution in [0.15, 0.2) is 36.4 Å². The molecule has 0 saturated heterocycles. The zero-order chi connectivity index (χ0) is 14.7. The molecule has 2 aromatic rings. The highest BCUT2D eigenvalue weighted by molar-refractivity contribution is 14.1. The smallest absolute Gasteiger partial charge is 0.123 e. The van der Waals surface area contributed by atoms with Gasteiger partial charge in [-0.3, -0.25) is 0 Å². The van der Waals surface area contributed by atoms with E-state index in [0.29, 0.717) is 6.61 Å². The van der Waals surface area contributed by atoms with Crippen LogP contribution in [-0.2, 0) is 0 Å². The van der Waals surface area contributed by atoms with Crippen molar-refractivity contribution in [1.29, 1.82) is 0 Å². The fraction of sp³-hybridized carbons (Fsp3) is 0.294. The monoisotopic (exact) mass is 444 g/mol. The lowest BCUT2D eigenvalue weighted by molar-refractivity contribution is 0.337. The van der Waals surface area contributed by atoms with Crippen molar-refractivity contribution in [1.82, 2.24) is 0 Å². The van der Waals surface area contributed by atoms with Gasteiger partial charge in [0.25, 0.3) is 0 Å². The Kier molecular flexibility index (Phi) is 5.49. The average molecular weight is 445 g/mol. The average Bonchev–Trinajstić information content (AvgIpc) is 2.43. The molecule has 1 unspecified atom stereocenters. The van der Waals surface area contributed by atoms with Crippen LogP contribution in [0.2, 0.25) is 0 Å². The van der Waals surface area contributed by atoms with Crippen molar-refractivity contribution in [3.05, 3.63) is 62.2 Å². The minimum absolute atomic E-state index is 0.149. The first-order valence-electron chi connectivity index (χ1n) is 6.67. The summed E-state index contributed by atoms with van der Waals surface area (Å²) in [5.74, 6) is 0.956. The van der Waals surface area contributed by atoms with Gasteiger partial charge in [0.1, 0.15) is 5.75 Å². The summed E-state index contributed by atoms with van der Waals surface area (Å²) in [5, 5.41) is 0. The maximum atomic E-state index is 5.77. The number of ether oxygens (including phenoxy) is 1. The first-order valence-corrected chi connectivity index (χ1v) is 8.66. The highest BCUT2D eigenvalue weighted by Gasteiger charge is 2.18. The zero-order valence-corrected chi connectivity index (χ0v) is 15.7. The zero-order valence-electron chi connectivity index (χ0n) is 11.9. The Labute approximate surface area is 143 Å². The Morgan fingerprint density at radius 2 is 1.90 bits per heavy atom. The maximum absolute atomic E-state index is 5.77. The number of benzene rings is 2. The molecular formula is C17H18BrIO. The number of aryl methyl sites for hydroxylation is 2. The van der Waals surface area contributed by atoms with E-state index in [1.54, 1.807) is 0 Å². The molecule has 2 aromatic carbocycles. The SMILES string of the molecule is CCOc1ccc(C)cc1C(Br)c1cccc(C)c1I. The Hall–Kier alpha value is -0.550. The molecular weight excluding hydrogens is 427 g/mol. The van der Waals surface area contributed by atoms with Gasteiger partial charge in [0.05, 0.1) is 11.4 Å². The molecule has 0 spiro atoms. The Bertz CT molecular complexity index is 610. The first-order chi connectivity index (χ1) is 9.54. The molecule has 0 radical (unpaired) electrons. The molecule has 0 aromatic heterocycles. The van der Waals surface area contributed by atoms with Crippen LogP contribution in [0.1, 0.15) is 34.0 Å². The van der Waals surface area contributed by atoms with Gasteiger partial charge in [-0.05, 0) is 60.6 Å². The van der Waals surface area contributed by atoms with Gasteiger partial charge in [-0.1, -0.05) is 51.8 Å². The van der Waals surface area contributed by atoms with Crippen molar-refractivity contribution >= 4 is 38.5 Å². The summed E-state index contributed by atoms with van der Waals surface area (Å²) in [6.45, 7) is 6.95. The van der Waals surface area contributed by atoms with E-state index in [1.165, 1.54) is 25.8 Å². The van der Waals surface area contributed by atoms with Crippen molar-refractivity contribution < 1.29 is 4.74 Å². The molecule has 0 aliphatic rings. The van der Waals surface area contributed by atoms with Gasteiger partial charge < -0.3 is 4.74 Å². The lowest BCUT2D eigenvalue weighted by atomic mass is 10.0. The van der Waals surface area contributed by atoms with Gasteiger partial charge in [0.2, 0.25) is 0 Å². The van der Waals surface area contributed by atoms with Gasteiger partial charge >= 0.3 is 0 Å². The standard InChI is InChI=1S/C17H18BrIO/c1-4-20-15-9-8-11(2)10-14(15)16(18)13-7-5-6-12(3)17(13)19/h5-10,16H,4H2,1-3H3. The Balaban J connectivity index is 2.49. The van der Waals surface area contributed by atoms with Crippen LogP contribution in [0.25, 0.3) is 0 Å². The second kappa shape index (κ2) is 6.94. The minimum Gasteiger partial charge on any atom is -0.494 e. The van der Waals surface area contributed by atoms with E-state index in [0.717, 1.165) is 5.75 Å². The number of halogens is 2. The van der Waals surface area contributed by atoms with E-state index in [9.17, 15) is 0 Å². The molecule has 3 heteroatoms. The topological polar surface area (TPSA) is 9.23 Å². The fourth-order valence-corrected chi connectivity index (χ4v) is 4.02. The van der Waals surface area contributed by atoms with Crippen LogP contribution in [0.5, 0.6) is 5.75 Å². The van der Waals surface area contributed by atoms with Crippen LogP contribution < -0.4 is 4.74 Å². The Morgan fingerprint density at radius 3 is 2.60 bits per heavy atom. The van der Waals surface area contributed by atoms with Gasteiger partial charge in [-0.25, -0.2) is 0 Å². The number of hydrogen-bond donors (Lipinski definition) is 0. The predicted octanol–water partition coefficient (Wildman–Crippen LogP) is 5.79. The van der Waals surface area contributed by atoms with Gasteiger partial charge in [0, 0.05) is 9.13 Å². The highest BCUT2D eigenvalue weighted by Crippen LogP contribution is 2.39. The van der Waals surface area contributed by atoms with Gasteiger partial charge in [-0.15, -0.1) is 0 Å². The fourth-order valence-electron chi connectivity index (χ4n) is 2.19. The second-order valence-corrected chi connectivity index (χ2v) is 6.81. The summed E-state index contributed by atoms with van der Waals surface area (Å²) in [6, 6.07) is 12.8. The van der Waals surface area contributed by atoms with E-state index in [1.807, 2.05) is 6.92 Å². The van der Waals surface area contributed by atoms with Crippen molar-refractivity contribution in [2.75, 3.05) is 6.61 Å². The molecule has 20 heavy (non-hydrogen) atoms. The number of rotatable bonds is 4. The van der Waals surface area contributed by atoms with E-state index < -0.39 is 0 Å². The molecule has 1 atom stereocenters. The first kappa shape index (κ1) is 15.8. The lowest BCUT2D eigenvalue weighted by Gasteiger charge is -2.18. The van der Waals surface area contributed by atoms with E-state index in [-0.39, 0.29) is 4.83 Å². The van der Waals surface area contributed by atoms with Crippen molar-refractivity contribution in [2.24, 2.45) is 0 Å². The van der Waals surface area contributed by atoms with Crippen LogP contribution in [0, 0.1) is 17.4 Å². The molecule has 0 saturated carbocycles. The minimum atomic E-state index is 0.149. The number of alkyl halides is 1. The third-order valence-corrected chi connectivity index (χ3v) is 5.69. The molecule has 2 rings (SSSR count). The molecule has 106 valence electrons. The third kappa shape index (κ3) is 3.37. The van der Waals surface area contributed by atoms with Crippen LogP contribution in [0.4, 0.5) is 0 Å². The van der Waals surface area contributed by atoms with E-state index in [2.05, 4.69) is 88.8 Å². The van der Waals surface area contributed by atoms with Crippen molar-refractivity contribution in [3.63, 3.8) is 0 Å². The summed E-state index contributed by atoms with van der Waals surface area (Å²) < 4.78 is 7.07. The summed E-state index contributed by atoms with van der Waals surface area (Å²) in [7, 11) is 0. The van der Waals surface area contributed by atoms with Gasteiger partial charge in [-0.2, -0.15) is 0 Å². The molecule has 0 aliphatic heterocycles. The second-order valence-electron chi connectivity index (χ2n) is 4.81. The molecule has 0 N–H and O–H groups in total. The Morgan fingerprint density at radius 1 is 1.15 bits per heavy atom. The maximum Gasteiger partial charge on any atom is 0.123 e. The largest absolute Gasteiger partial charge is 0.494 e. The third-order valence-electron chi connectivity index (χ3n) is 3.23. The molecule has 1 nitrogen and oxygen atoms in total. The molecule has 0 amide bonds. The van der Waals surface area contributed by atoms with Crippen molar-refractivity contribution in [2.45, 2.75) is 25.6 Å². The van der Waals surface area contributed by atoms with Crippen LogP contribution in [-0.4, -0.2) is 6.61 Å². The summed E-state index contributed by atoms with van der Waals surface area (Å²) in [6.07, 6.45) is 0. The van der Waals surface area contributed by atoms with Gasteiger partial charge in [0.15, 0.2) is 0 Å². The van der Waals surface area contributed by atoms with Crippen molar-refractivity contribution in [3.8, 4) is 5.75 Å². The van der Waals surface area contributed by atoms with E-state index in [4.69, 9.17) is 4.74 Å². The number of hydrogen-bond acceptors (Lipinski definition) is 1. The normalized spacial score (nSPS) is 12.2. The van der Waals surface area contributed by atoms with E-state index >= 15 is 0 Å². The predicted molar refractivity (Wildman–Crippen MR) is 97.0 cm³/mol. The molecule has 0 bridgehead atoms. The van der Waals surface area contributed by atoms with Crippen LogP contribution in [0.3, 0.4) is 0 Å².